The molecule has 136 valence electrons. The Hall–Kier alpha value is -2.67. The van der Waals surface area contributed by atoms with Crippen LogP contribution in [0, 0.1) is 13.8 Å². The molecule has 26 heavy (non-hydrogen) atoms. The summed E-state index contributed by atoms with van der Waals surface area (Å²) >= 11 is 0. The molecule has 0 bridgehead atoms. The Morgan fingerprint density at radius 1 is 1.00 bits per heavy atom. The number of benzene rings is 1. The number of oxazole rings is 1. The van der Waals surface area contributed by atoms with E-state index in [0.29, 0.717) is 12.6 Å². The maximum Gasteiger partial charge on any atom is 0.298 e. The molecule has 7 nitrogen and oxygen atoms in total. The van der Waals surface area contributed by atoms with Gasteiger partial charge in [-0.2, -0.15) is 4.98 Å². The highest BCUT2D eigenvalue weighted by Gasteiger charge is 2.22. The van der Waals surface area contributed by atoms with Crippen LogP contribution in [0.25, 0.3) is 11.1 Å². The zero-order valence-corrected chi connectivity index (χ0v) is 15.4. The number of ether oxygens (including phenoxy) is 1. The fourth-order valence-corrected chi connectivity index (χ4v) is 3.26. The van der Waals surface area contributed by atoms with Gasteiger partial charge in [-0.15, -0.1) is 0 Å². The maximum atomic E-state index is 5.93. The van der Waals surface area contributed by atoms with Crippen LogP contribution in [0.2, 0.25) is 0 Å². The van der Waals surface area contributed by atoms with Crippen molar-refractivity contribution in [2.45, 2.75) is 20.5 Å². The summed E-state index contributed by atoms with van der Waals surface area (Å²) in [6.45, 7) is 7.89. The predicted molar refractivity (Wildman–Crippen MR) is 101 cm³/mol. The van der Waals surface area contributed by atoms with E-state index in [0.717, 1.165) is 54.6 Å². The third-order valence-corrected chi connectivity index (χ3v) is 4.57. The number of aromatic nitrogens is 3. The summed E-state index contributed by atoms with van der Waals surface area (Å²) in [4.78, 5) is 18.1. The summed E-state index contributed by atoms with van der Waals surface area (Å²) < 4.78 is 11.1. The molecular weight excluding hydrogens is 330 g/mol. The van der Waals surface area contributed by atoms with Crippen molar-refractivity contribution in [1.82, 2.24) is 15.0 Å². The van der Waals surface area contributed by atoms with Gasteiger partial charge in [0.25, 0.3) is 6.01 Å². The van der Waals surface area contributed by atoms with Crippen LogP contribution in [-0.4, -0.2) is 48.2 Å². The van der Waals surface area contributed by atoms with Crippen LogP contribution >= 0.6 is 0 Å². The molecule has 1 saturated heterocycles. The van der Waals surface area contributed by atoms with E-state index in [4.69, 9.17) is 9.15 Å². The third kappa shape index (κ3) is 3.35. The van der Waals surface area contributed by atoms with E-state index in [-0.39, 0.29) is 0 Å². The first-order valence-electron chi connectivity index (χ1n) is 8.83. The summed E-state index contributed by atoms with van der Waals surface area (Å²) in [5, 5.41) is 0. The number of nitrogens with zero attached hydrogens (tertiary/aromatic N) is 5. The number of methoxy groups -OCH3 is 1. The first-order valence-corrected chi connectivity index (χ1v) is 8.83. The van der Waals surface area contributed by atoms with Crippen LogP contribution in [0.3, 0.4) is 0 Å². The molecule has 4 rings (SSSR count). The fraction of sp³-hybridized carbons (Fsp3) is 0.421. The van der Waals surface area contributed by atoms with E-state index in [9.17, 15) is 0 Å². The molecule has 0 radical (unpaired) electrons. The maximum absolute atomic E-state index is 5.93. The highest BCUT2D eigenvalue weighted by Crippen LogP contribution is 2.24. The van der Waals surface area contributed by atoms with Crippen molar-refractivity contribution < 1.29 is 9.15 Å². The summed E-state index contributed by atoms with van der Waals surface area (Å²) in [7, 11) is 1.66. The van der Waals surface area contributed by atoms with Crippen LogP contribution in [-0.2, 0) is 11.3 Å². The first-order chi connectivity index (χ1) is 12.6. The Morgan fingerprint density at radius 2 is 1.77 bits per heavy atom. The zero-order valence-electron chi connectivity index (χ0n) is 15.4. The van der Waals surface area contributed by atoms with Crippen molar-refractivity contribution in [1.29, 1.82) is 0 Å². The van der Waals surface area contributed by atoms with Gasteiger partial charge in [0.1, 0.15) is 17.9 Å². The molecule has 3 heterocycles. The molecule has 3 aromatic rings. The smallest absolute Gasteiger partial charge is 0.298 e. The summed E-state index contributed by atoms with van der Waals surface area (Å²) in [6, 6.07) is 8.81. The number of hydrogen-bond donors (Lipinski definition) is 0. The van der Waals surface area contributed by atoms with Crippen LogP contribution in [0.15, 0.2) is 28.7 Å². The standard InChI is InChI=1S/C19H23N5O2/c1-13-4-5-16-15(10-13)21-19(26-16)24-8-6-23(7-9-24)18-11-14(2)20-17(22-18)12-25-3/h4-5,10-11H,6-9,12H2,1-3H3. The van der Waals surface area contributed by atoms with Gasteiger partial charge in [0.15, 0.2) is 11.4 Å². The molecule has 1 aliphatic rings. The first kappa shape index (κ1) is 16.8. The quantitative estimate of drug-likeness (QED) is 0.714. The van der Waals surface area contributed by atoms with Gasteiger partial charge in [0, 0.05) is 45.0 Å². The lowest BCUT2D eigenvalue weighted by Gasteiger charge is -2.34. The molecule has 0 aliphatic carbocycles. The molecule has 0 spiro atoms. The minimum absolute atomic E-state index is 0.428. The normalized spacial score (nSPS) is 15.0. The molecule has 0 N–H and O–H groups in total. The van der Waals surface area contributed by atoms with Gasteiger partial charge in [0.2, 0.25) is 0 Å². The molecule has 0 atom stereocenters. The molecule has 7 heteroatoms. The molecule has 2 aromatic heterocycles. The Morgan fingerprint density at radius 3 is 2.54 bits per heavy atom. The van der Waals surface area contributed by atoms with Crippen molar-refractivity contribution in [3.63, 3.8) is 0 Å². The van der Waals surface area contributed by atoms with Crippen molar-refractivity contribution >= 4 is 22.9 Å². The fourth-order valence-electron chi connectivity index (χ4n) is 3.26. The Balaban J connectivity index is 1.48. The van der Waals surface area contributed by atoms with Crippen LogP contribution in [0.5, 0.6) is 0 Å². The highest BCUT2D eigenvalue weighted by molar-refractivity contribution is 5.75. The van der Waals surface area contributed by atoms with Crippen LogP contribution < -0.4 is 9.80 Å². The lowest BCUT2D eigenvalue weighted by atomic mass is 10.2. The second-order valence-electron chi connectivity index (χ2n) is 6.66. The number of rotatable bonds is 4. The van der Waals surface area contributed by atoms with Gasteiger partial charge in [-0.3, -0.25) is 0 Å². The molecular formula is C19H23N5O2. The molecule has 1 fully saturated rings. The van der Waals surface area contributed by atoms with Crippen LogP contribution in [0.1, 0.15) is 17.1 Å². The number of hydrogen-bond acceptors (Lipinski definition) is 7. The Bertz CT molecular complexity index is 915. The van der Waals surface area contributed by atoms with Crippen molar-refractivity contribution in [3.8, 4) is 0 Å². The topological polar surface area (TPSA) is 67.5 Å². The monoisotopic (exact) mass is 353 g/mol. The van der Waals surface area contributed by atoms with Gasteiger partial charge < -0.3 is 19.0 Å². The average Bonchev–Trinajstić information content (AvgIpc) is 3.05. The predicted octanol–water partition coefficient (Wildman–Crippen LogP) is 2.71. The number of fused-ring (bicyclic) bond motifs is 1. The number of aryl methyl sites for hydroxylation is 2. The summed E-state index contributed by atoms with van der Waals surface area (Å²) in [5.41, 5.74) is 3.90. The van der Waals surface area contributed by atoms with Gasteiger partial charge in [0.05, 0.1) is 0 Å². The van der Waals surface area contributed by atoms with Crippen LogP contribution in [0.4, 0.5) is 11.8 Å². The van der Waals surface area contributed by atoms with E-state index in [1.165, 1.54) is 5.56 Å². The number of anilines is 2. The van der Waals surface area contributed by atoms with E-state index in [2.05, 4.69) is 37.7 Å². The molecule has 1 aromatic carbocycles. The van der Waals surface area contributed by atoms with Crippen molar-refractivity contribution in [2.24, 2.45) is 0 Å². The van der Waals surface area contributed by atoms with Gasteiger partial charge in [-0.25, -0.2) is 9.97 Å². The Labute approximate surface area is 152 Å². The van der Waals surface area contributed by atoms with E-state index in [1.54, 1.807) is 7.11 Å². The minimum Gasteiger partial charge on any atom is -0.423 e. The number of piperazine rings is 1. The lowest BCUT2D eigenvalue weighted by molar-refractivity contribution is 0.177. The molecule has 0 amide bonds. The van der Waals surface area contributed by atoms with Gasteiger partial charge in [-0.1, -0.05) is 6.07 Å². The second-order valence-corrected chi connectivity index (χ2v) is 6.66. The molecule has 0 unspecified atom stereocenters. The highest BCUT2D eigenvalue weighted by atomic mass is 16.5. The Kier molecular flexibility index (Phi) is 4.46. The molecule has 1 aliphatic heterocycles. The second kappa shape index (κ2) is 6.92. The van der Waals surface area contributed by atoms with Crippen molar-refractivity contribution in [3.05, 3.63) is 41.3 Å². The van der Waals surface area contributed by atoms with Gasteiger partial charge >= 0.3 is 0 Å². The minimum atomic E-state index is 0.428. The van der Waals surface area contributed by atoms with E-state index < -0.39 is 0 Å². The largest absolute Gasteiger partial charge is 0.423 e. The van der Waals surface area contributed by atoms with E-state index in [1.807, 2.05) is 25.1 Å². The lowest BCUT2D eigenvalue weighted by Crippen LogP contribution is -2.47. The zero-order chi connectivity index (χ0) is 18.1. The van der Waals surface area contributed by atoms with Gasteiger partial charge in [-0.05, 0) is 31.5 Å². The summed E-state index contributed by atoms with van der Waals surface area (Å²) in [5.74, 6) is 1.68. The van der Waals surface area contributed by atoms with Crippen molar-refractivity contribution in [2.75, 3.05) is 43.1 Å². The average molecular weight is 353 g/mol. The SMILES string of the molecule is COCc1nc(C)cc(N2CCN(c3nc4cc(C)ccc4o3)CC2)n1. The third-order valence-electron chi connectivity index (χ3n) is 4.57. The van der Waals surface area contributed by atoms with E-state index >= 15 is 0 Å². The molecule has 0 saturated carbocycles. The summed E-state index contributed by atoms with van der Waals surface area (Å²) in [6.07, 6.45) is 0.